The third-order valence-electron chi connectivity index (χ3n) is 1.84. The SMILES string of the molecule is [CH2]CCC(=O)OCC(=O)c1ccccc1. The standard InChI is InChI=1S/C12H13O3/c1-2-6-12(14)15-9-11(13)10-7-4-3-5-8-10/h3-5,7-8H,1-2,6,9H2. The van der Waals surface area contributed by atoms with E-state index in [0.29, 0.717) is 12.0 Å². The van der Waals surface area contributed by atoms with E-state index >= 15 is 0 Å². The molecule has 15 heavy (non-hydrogen) atoms. The van der Waals surface area contributed by atoms with E-state index in [-0.39, 0.29) is 24.8 Å². The molecular weight excluding hydrogens is 192 g/mol. The largest absolute Gasteiger partial charge is 0.457 e. The average Bonchev–Trinajstić information content (AvgIpc) is 2.27. The van der Waals surface area contributed by atoms with Crippen molar-refractivity contribution < 1.29 is 14.3 Å². The molecule has 0 heterocycles. The zero-order chi connectivity index (χ0) is 11.1. The molecular formula is C12H13O3. The van der Waals surface area contributed by atoms with E-state index < -0.39 is 0 Å². The fourth-order valence-corrected chi connectivity index (χ4v) is 1.07. The van der Waals surface area contributed by atoms with Gasteiger partial charge in [0.2, 0.25) is 0 Å². The van der Waals surface area contributed by atoms with Gasteiger partial charge in [-0.3, -0.25) is 9.59 Å². The van der Waals surface area contributed by atoms with Crippen LogP contribution in [0.5, 0.6) is 0 Å². The lowest BCUT2D eigenvalue weighted by Crippen LogP contribution is -2.13. The van der Waals surface area contributed by atoms with Gasteiger partial charge in [-0.05, 0) is 6.42 Å². The van der Waals surface area contributed by atoms with Gasteiger partial charge in [-0.25, -0.2) is 0 Å². The Morgan fingerprint density at radius 2 is 1.87 bits per heavy atom. The monoisotopic (exact) mass is 205 g/mol. The summed E-state index contributed by atoms with van der Waals surface area (Å²) in [6.45, 7) is 3.33. The lowest BCUT2D eigenvalue weighted by molar-refractivity contribution is -0.142. The number of hydrogen-bond donors (Lipinski definition) is 0. The Balaban J connectivity index is 2.40. The Hall–Kier alpha value is -1.64. The molecule has 0 N–H and O–H groups in total. The van der Waals surface area contributed by atoms with Gasteiger partial charge in [0, 0.05) is 12.0 Å². The van der Waals surface area contributed by atoms with Crippen molar-refractivity contribution in [3.05, 3.63) is 42.8 Å². The number of Topliss-reactive ketones (excluding diaryl/α,β-unsaturated/α-hetero) is 1. The Morgan fingerprint density at radius 1 is 1.20 bits per heavy atom. The molecule has 0 aromatic heterocycles. The van der Waals surface area contributed by atoms with Crippen LogP contribution in [0, 0.1) is 6.92 Å². The van der Waals surface area contributed by atoms with Crippen molar-refractivity contribution in [3.8, 4) is 0 Å². The van der Waals surface area contributed by atoms with Crippen molar-refractivity contribution in [2.24, 2.45) is 0 Å². The van der Waals surface area contributed by atoms with Crippen molar-refractivity contribution in [1.82, 2.24) is 0 Å². The lowest BCUT2D eigenvalue weighted by Gasteiger charge is -2.02. The summed E-state index contributed by atoms with van der Waals surface area (Å²) in [5.41, 5.74) is 0.555. The molecule has 1 radical (unpaired) electrons. The summed E-state index contributed by atoms with van der Waals surface area (Å²) in [5.74, 6) is -0.567. The smallest absolute Gasteiger partial charge is 0.306 e. The predicted molar refractivity (Wildman–Crippen MR) is 56.3 cm³/mol. The van der Waals surface area contributed by atoms with Gasteiger partial charge in [-0.1, -0.05) is 37.3 Å². The summed E-state index contributed by atoms with van der Waals surface area (Å²) in [4.78, 5) is 22.4. The van der Waals surface area contributed by atoms with Crippen LogP contribution in [0.3, 0.4) is 0 Å². The molecule has 0 fully saturated rings. The third kappa shape index (κ3) is 3.94. The molecule has 1 rings (SSSR count). The molecule has 0 aliphatic rings. The van der Waals surface area contributed by atoms with Crippen LogP contribution < -0.4 is 0 Å². The Bertz CT molecular complexity index is 330. The molecule has 0 saturated carbocycles. The van der Waals surface area contributed by atoms with E-state index in [2.05, 4.69) is 6.92 Å². The quantitative estimate of drug-likeness (QED) is 0.545. The first-order valence-corrected chi connectivity index (χ1v) is 4.77. The van der Waals surface area contributed by atoms with Gasteiger partial charge in [0.15, 0.2) is 12.4 Å². The van der Waals surface area contributed by atoms with Gasteiger partial charge >= 0.3 is 5.97 Å². The molecule has 0 unspecified atom stereocenters. The van der Waals surface area contributed by atoms with E-state index in [0.717, 1.165) is 0 Å². The summed E-state index contributed by atoms with van der Waals surface area (Å²) in [6.07, 6.45) is 0.737. The number of carbonyl (C=O) groups excluding carboxylic acids is 2. The number of carbonyl (C=O) groups is 2. The van der Waals surface area contributed by atoms with E-state index in [1.807, 2.05) is 6.07 Å². The van der Waals surface area contributed by atoms with Crippen LogP contribution in [-0.4, -0.2) is 18.4 Å². The number of rotatable bonds is 5. The predicted octanol–water partition coefficient (Wildman–Crippen LogP) is 2.03. The number of hydrogen-bond acceptors (Lipinski definition) is 3. The van der Waals surface area contributed by atoms with E-state index in [1.54, 1.807) is 24.3 Å². The molecule has 0 amide bonds. The van der Waals surface area contributed by atoms with Gasteiger partial charge in [-0.15, -0.1) is 0 Å². The maximum Gasteiger partial charge on any atom is 0.306 e. The molecule has 0 spiro atoms. The second-order valence-corrected chi connectivity index (χ2v) is 3.05. The van der Waals surface area contributed by atoms with Crippen molar-refractivity contribution in [1.29, 1.82) is 0 Å². The Kier molecular flexibility index (Phi) is 4.54. The van der Waals surface area contributed by atoms with Crippen LogP contribution >= 0.6 is 0 Å². The average molecular weight is 205 g/mol. The van der Waals surface area contributed by atoms with Crippen molar-refractivity contribution in [2.75, 3.05) is 6.61 Å². The zero-order valence-corrected chi connectivity index (χ0v) is 8.44. The van der Waals surface area contributed by atoms with Crippen LogP contribution in [0.1, 0.15) is 23.2 Å². The van der Waals surface area contributed by atoms with E-state index in [1.165, 1.54) is 0 Å². The van der Waals surface area contributed by atoms with Crippen molar-refractivity contribution in [2.45, 2.75) is 12.8 Å². The first kappa shape index (κ1) is 11.4. The normalized spacial score (nSPS) is 9.67. The Morgan fingerprint density at radius 3 is 2.47 bits per heavy atom. The highest BCUT2D eigenvalue weighted by atomic mass is 16.5. The molecule has 79 valence electrons. The first-order chi connectivity index (χ1) is 7.24. The highest BCUT2D eigenvalue weighted by Crippen LogP contribution is 2.01. The van der Waals surface area contributed by atoms with Gasteiger partial charge in [0.1, 0.15) is 0 Å². The minimum Gasteiger partial charge on any atom is -0.457 e. The topological polar surface area (TPSA) is 43.4 Å². The van der Waals surface area contributed by atoms with Gasteiger partial charge in [0.05, 0.1) is 0 Å². The van der Waals surface area contributed by atoms with Crippen molar-refractivity contribution >= 4 is 11.8 Å². The molecule has 0 aliphatic heterocycles. The molecule has 0 aliphatic carbocycles. The summed E-state index contributed by atoms with van der Waals surface area (Å²) in [7, 11) is 0. The second-order valence-electron chi connectivity index (χ2n) is 3.05. The van der Waals surface area contributed by atoms with Crippen LogP contribution in [0.25, 0.3) is 0 Å². The van der Waals surface area contributed by atoms with Gasteiger partial charge in [-0.2, -0.15) is 0 Å². The summed E-state index contributed by atoms with van der Waals surface area (Å²) < 4.78 is 4.77. The highest BCUT2D eigenvalue weighted by Gasteiger charge is 2.08. The maximum atomic E-state index is 11.5. The molecule has 0 saturated heterocycles. The third-order valence-corrected chi connectivity index (χ3v) is 1.84. The number of esters is 1. The van der Waals surface area contributed by atoms with Gasteiger partial charge < -0.3 is 4.74 Å². The van der Waals surface area contributed by atoms with Crippen molar-refractivity contribution in [3.63, 3.8) is 0 Å². The second kappa shape index (κ2) is 5.96. The van der Waals surface area contributed by atoms with Crippen LogP contribution in [-0.2, 0) is 9.53 Å². The minimum atomic E-state index is -0.380. The molecule has 1 aromatic rings. The summed E-state index contributed by atoms with van der Waals surface area (Å²) >= 11 is 0. The minimum absolute atomic E-state index is 0.187. The fraction of sp³-hybridized carbons (Fsp3) is 0.250. The summed E-state index contributed by atoms with van der Waals surface area (Å²) in [6, 6.07) is 8.75. The zero-order valence-electron chi connectivity index (χ0n) is 8.44. The van der Waals surface area contributed by atoms with E-state index in [4.69, 9.17) is 4.74 Å². The highest BCUT2D eigenvalue weighted by molar-refractivity contribution is 5.97. The number of ketones is 1. The van der Waals surface area contributed by atoms with Crippen LogP contribution in [0.15, 0.2) is 30.3 Å². The fourth-order valence-electron chi connectivity index (χ4n) is 1.07. The van der Waals surface area contributed by atoms with Crippen LogP contribution in [0.4, 0.5) is 0 Å². The van der Waals surface area contributed by atoms with E-state index in [9.17, 15) is 9.59 Å². The number of ether oxygens (including phenoxy) is 1. The maximum absolute atomic E-state index is 11.5. The molecule has 3 heteroatoms. The lowest BCUT2D eigenvalue weighted by atomic mass is 10.1. The molecule has 3 nitrogen and oxygen atoms in total. The molecule has 0 atom stereocenters. The Labute approximate surface area is 89.1 Å². The summed E-state index contributed by atoms with van der Waals surface area (Å²) in [5, 5.41) is 0. The number of benzene rings is 1. The molecule has 0 bridgehead atoms. The molecule has 1 aromatic carbocycles. The first-order valence-electron chi connectivity index (χ1n) is 4.77. The van der Waals surface area contributed by atoms with Crippen LogP contribution in [0.2, 0.25) is 0 Å². The van der Waals surface area contributed by atoms with Gasteiger partial charge in [0.25, 0.3) is 0 Å².